The third-order valence-corrected chi connectivity index (χ3v) is 4.91. The summed E-state index contributed by atoms with van der Waals surface area (Å²) >= 11 is 5.98. The molecule has 0 bridgehead atoms. The highest BCUT2D eigenvalue weighted by molar-refractivity contribution is 7.91. The van der Waals surface area contributed by atoms with Gasteiger partial charge < -0.3 is 5.32 Å². The standard InChI is InChI=1S/C11H15ClN2O2S/c1-8-6-10(11(12)13-7-8)14-9-2-4-17(15,16)5-3-9/h6-7,9,14H,2-5H2,1H3. The zero-order valence-corrected chi connectivity index (χ0v) is 11.2. The summed E-state index contributed by atoms with van der Waals surface area (Å²) in [5.41, 5.74) is 1.82. The minimum absolute atomic E-state index is 0.166. The summed E-state index contributed by atoms with van der Waals surface area (Å²) in [5.74, 6) is 0.503. The van der Waals surface area contributed by atoms with Crippen LogP contribution in [0.2, 0.25) is 5.15 Å². The lowest BCUT2D eigenvalue weighted by Crippen LogP contribution is -2.32. The Balaban J connectivity index is 2.05. The van der Waals surface area contributed by atoms with Crippen LogP contribution in [0.4, 0.5) is 5.69 Å². The Labute approximate surface area is 106 Å². The lowest BCUT2D eigenvalue weighted by atomic mass is 10.1. The topological polar surface area (TPSA) is 59.1 Å². The molecule has 0 radical (unpaired) electrons. The molecular weight excluding hydrogens is 260 g/mol. The van der Waals surface area contributed by atoms with Crippen molar-refractivity contribution in [2.75, 3.05) is 16.8 Å². The largest absolute Gasteiger partial charge is 0.380 e. The van der Waals surface area contributed by atoms with Gasteiger partial charge in [0.15, 0.2) is 5.15 Å². The maximum absolute atomic E-state index is 11.3. The van der Waals surface area contributed by atoms with E-state index in [4.69, 9.17) is 11.6 Å². The smallest absolute Gasteiger partial charge is 0.152 e. The number of nitrogens with zero attached hydrogens (tertiary/aromatic N) is 1. The highest BCUT2D eigenvalue weighted by Crippen LogP contribution is 2.23. The van der Waals surface area contributed by atoms with Crippen molar-refractivity contribution in [2.45, 2.75) is 25.8 Å². The Morgan fingerprint density at radius 2 is 2.06 bits per heavy atom. The van der Waals surface area contributed by atoms with Crippen molar-refractivity contribution in [1.29, 1.82) is 0 Å². The van der Waals surface area contributed by atoms with Gasteiger partial charge in [-0.2, -0.15) is 0 Å². The number of rotatable bonds is 2. The summed E-state index contributed by atoms with van der Waals surface area (Å²) in [7, 11) is -2.81. The van der Waals surface area contributed by atoms with Gasteiger partial charge in [0.2, 0.25) is 0 Å². The minimum atomic E-state index is -2.81. The number of sulfone groups is 1. The molecule has 1 aliphatic rings. The maximum atomic E-state index is 11.3. The van der Waals surface area contributed by atoms with E-state index in [0.29, 0.717) is 18.0 Å². The van der Waals surface area contributed by atoms with Crippen LogP contribution in [0.15, 0.2) is 12.3 Å². The Kier molecular flexibility index (Phi) is 3.58. The van der Waals surface area contributed by atoms with Gasteiger partial charge in [-0.25, -0.2) is 13.4 Å². The number of hydrogen-bond acceptors (Lipinski definition) is 4. The second-order valence-electron chi connectivity index (χ2n) is 4.42. The highest BCUT2D eigenvalue weighted by Gasteiger charge is 2.23. The average Bonchev–Trinajstić information content (AvgIpc) is 2.26. The van der Waals surface area contributed by atoms with Crippen LogP contribution in [0.3, 0.4) is 0 Å². The average molecular weight is 275 g/mol. The van der Waals surface area contributed by atoms with Crippen molar-refractivity contribution in [3.05, 3.63) is 23.0 Å². The quantitative estimate of drug-likeness (QED) is 0.839. The Hall–Kier alpha value is -0.810. The fraction of sp³-hybridized carbons (Fsp3) is 0.545. The summed E-state index contributed by atoms with van der Waals surface area (Å²) in [6.45, 7) is 1.94. The molecule has 0 unspecified atom stereocenters. The van der Waals surface area contributed by atoms with Crippen molar-refractivity contribution in [3.8, 4) is 0 Å². The van der Waals surface area contributed by atoms with Gasteiger partial charge in [-0.05, 0) is 31.4 Å². The first-order chi connectivity index (χ1) is 7.96. The van der Waals surface area contributed by atoms with E-state index in [2.05, 4.69) is 10.3 Å². The van der Waals surface area contributed by atoms with E-state index in [9.17, 15) is 8.42 Å². The Bertz CT molecular complexity index is 502. The maximum Gasteiger partial charge on any atom is 0.152 e. The highest BCUT2D eigenvalue weighted by atomic mass is 35.5. The summed E-state index contributed by atoms with van der Waals surface area (Å²) < 4.78 is 22.6. The van der Waals surface area contributed by atoms with E-state index in [1.165, 1.54) is 0 Å². The van der Waals surface area contributed by atoms with Gasteiger partial charge in [0.05, 0.1) is 17.2 Å². The molecule has 2 rings (SSSR count). The molecule has 1 N–H and O–H groups in total. The first-order valence-corrected chi connectivity index (χ1v) is 7.75. The molecule has 0 aliphatic carbocycles. The van der Waals surface area contributed by atoms with E-state index in [0.717, 1.165) is 11.3 Å². The van der Waals surface area contributed by atoms with E-state index < -0.39 is 9.84 Å². The number of anilines is 1. The van der Waals surface area contributed by atoms with Crippen molar-refractivity contribution < 1.29 is 8.42 Å². The van der Waals surface area contributed by atoms with Crippen LogP contribution in [-0.4, -0.2) is 30.9 Å². The predicted octanol–water partition coefficient (Wildman–Crippen LogP) is 2.03. The van der Waals surface area contributed by atoms with Gasteiger partial charge in [-0.1, -0.05) is 11.6 Å². The molecule has 94 valence electrons. The zero-order valence-electron chi connectivity index (χ0n) is 9.61. The van der Waals surface area contributed by atoms with Gasteiger partial charge in [-0.3, -0.25) is 0 Å². The summed E-state index contributed by atoms with van der Waals surface area (Å²) in [4.78, 5) is 4.06. The van der Waals surface area contributed by atoms with E-state index in [1.54, 1.807) is 6.20 Å². The molecule has 1 aromatic rings. The van der Waals surface area contributed by atoms with Gasteiger partial charge in [0.25, 0.3) is 0 Å². The molecular formula is C11H15ClN2O2S. The number of nitrogens with one attached hydrogen (secondary N) is 1. The fourth-order valence-electron chi connectivity index (χ4n) is 1.91. The van der Waals surface area contributed by atoms with Crippen molar-refractivity contribution in [1.82, 2.24) is 4.98 Å². The first kappa shape index (κ1) is 12.6. The van der Waals surface area contributed by atoms with Crippen LogP contribution < -0.4 is 5.32 Å². The molecule has 0 atom stereocenters. The summed E-state index contributed by atoms with van der Waals surface area (Å²) in [6, 6.07) is 2.10. The molecule has 4 nitrogen and oxygen atoms in total. The second-order valence-corrected chi connectivity index (χ2v) is 7.08. The number of aryl methyl sites for hydroxylation is 1. The Morgan fingerprint density at radius 3 is 2.71 bits per heavy atom. The summed E-state index contributed by atoms with van der Waals surface area (Å²) in [6.07, 6.45) is 2.97. The lowest BCUT2D eigenvalue weighted by Gasteiger charge is -2.24. The predicted molar refractivity (Wildman–Crippen MR) is 69.3 cm³/mol. The number of halogens is 1. The van der Waals surface area contributed by atoms with Crippen molar-refractivity contribution in [2.24, 2.45) is 0 Å². The number of pyridine rings is 1. The lowest BCUT2D eigenvalue weighted by molar-refractivity contribution is 0.559. The molecule has 1 saturated heterocycles. The van der Waals surface area contributed by atoms with E-state index in [-0.39, 0.29) is 17.5 Å². The van der Waals surface area contributed by atoms with Crippen LogP contribution in [0.25, 0.3) is 0 Å². The van der Waals surface area contributed by atoms with Gasteiger partial charge in [0, 0.05) is 12.2 Å². The molecule has 1 aliphatic heterocycles. The third kappa shape index (κ3) is 3.33. The van der Waals surface area contributed by atoms with Crippen LogP contribution in [0, 0.1) is 6.92 Å². The first-order valence-electron chi connectivity index (χ1n) is 5.55. The van der Waals surface area contributed by atoms with Crippen LogP contribution in [0.5, 0.6) is 0 Å². The third-order valence-electron chi connectivity index (χ3n) is 2.89. The second kappa shape index (κ2) is 4.82. The molecule has 2 heterocycles. The molecule has 6 heteroatoms. The van der Waals surface area contributed by atoms with Crippen LogP contribution in [0.1, 0.15) is 18.4 Å². The molecule has 17 heavy (non-hydrogen) atoms. The van der Waals surface area contributed by atoms with Gasteiger partial charge >= 0.3 is 0 Å². The van der Waals surface area contributed by atoms with Gasteiger partial charge in [0.1, 0.15) is 9.84 Å². The zero-order chi connectivity index (χ0) is 12.5. The van der Waals surface area contributed by atoms with E-state index >= 15 is 0 Å². The van der Waals surface area contributed by atoms with Crippen LogP contribution >= 0.6 is 11.6 Å². The fourth-order valence-corrected chi connectivity index (χ4v) is 3.56. The van der Waals surface area contributed by atoms with E-state index in [1.807, 2.05) is 13.0 Å². The monoisotopic (exact) mass is 274 g/mol. The number of hydrogen-bond donors (Lipinski definition) is 1. The van der Waals surface area contributed by atoms with Crippen molar-refractivity contribution in [3.63, 3.8) is 0 Å². The van der Waals surface area contributed by atoms with Crippen LogP contribution in [-0.2, 0) is 9.84 Å². The molecule has 0 amide bonds. The minimum Gasteiger partial charge on any atom is -0.380 e. The van der Waals surface area contributed by atoms with Gasteiger partial charge in [-0.15, -0.1) is 0 Å². The Morgan fingerprint density at radius 1 is 1.41 bits per heavy atom. The normalized spacial score (nSPS) is 20.1. The molecule has 0 aromatic carbocycles. The molecule has 0 spiro atoms. The molecule has 1 fully saturated rings. The molecule has 1 aromatic heterocycles. The SMILES string of the molecule is Cc1cnc(Cl)c(NC2CCS(=O)(=O)CC2)c1. The number of aromatic nitrogens is 1. The summed E-state index contributed by atoms with van der Waals surface area (Å²) in [5, 5.41) is 3.70. The molecule has 0 saturated carbocycles. The van der Waals surface area contributed by atoms with Crippen molar-refractivity contribution >= 4 is 27.1 Å².